The zero-order valence-corrected chi connectivity index (χ0v) is 10.6. The van der Waals surface area contributed by atoms with Crippen molar-refractivity contribution in [2.24, 2.45) is 0 Å². The molecule has 1 rings (SSSR count). The fraction of sp³-hybridized carbons (Fsp3) is 0.200. The van der Waals surface area contributed by atoms with Crippen LogP contribution in [0.25, 0.3) is 0 Å². The summed E-state index contributed by atoms with van der Waals surface area (Å²) in [7, 11) is 1.09. The van der Waals surface area contributed by atoms with Gasteiger partial charge in [0.05, 0.1) is 23.8 Å². The van der Waals surface area contributed by atoms with Gasteiger partial charge in [-0.25, -0.2) is 4.79 Å². The van der Waals surface area contributed by atoms with Crippen molar-refractivity contribution in [1.82, 2.24) is 0 Å². The van der Waals surface area contributed by atoms with E-state index in [9.17, 15) is 18.0 Å². The quantitative estimate of drug-likeness (QED) is 0.575. The Bertz CT molecular complexity index is 505. The van der Waals surface area contributed by atoms with Crippen molar-refractivity contribution in [2.45, 2.75) is 6.18 Å². The van der Waals surface area contributed by atoms with Gasteiger partial charge in [-0.1, -0.05) is 0 Å². The number of benzene rings is 1. The summed E-state index contributed by atoms with van der Waals surface area (Å²) in [5.74, 6) is -0.834. The molecule has 1 aromatic carbocycles. The van der Waals surface area contributed by atoms with Gasteiger partial charge in [-0.2, -0.15) is 18.4 Å². The van der Waals surface area contributed by atoms with Crippen LogP contribution < -0.4 is 0 Å². The van der Waals surface area contributed by atoms with Gasteiger partial charge in [-0.15, -0.1) is 0 Å². The maximum absolute atomic E-state index is 12.5. The molecular weight excluding hydrogens is 350 g/mol. The van der Waals surface area contributed by atoms with Gasteiger partial charge < -0.3 is 4.74 Å². The van der Waals surface area contributed by atoms with E-state index in [4.69, 9.17) is 5.26 Å². The summed E-state index contributed by atoms with van der Waals surface area (Å²) in [4.78, 5) is 11.3. The molecule has 0 bridgehead atoms. The minimum atomic E-state index is -4.56. The molecule has 0 saturated heterocycles. The third-order valence-corrected chi connectivity index (χ3v) is 2.78. The van der Waals surface area contributed by atoms with Gasteiger partial charge in [0, 0.05) is 3.57 Å². The molecule has 17 heavy (non-hydrogen) atoms. The van der Waals surface area contributed by atoms with E-state index in [1.807, 2.05) is 0 Å². The fourth-order valence-electron chi connectivity index (χ4n) is 1.17. The summed E-state index contributed by atoms with van der Waals surface area (Å²) in [6.07, 6.45) is -4.56. The highest BCUT2D eigenvalue weighted by Gasteiger charge is 2.33. The van der Waals surface area contributed by atoms with E-state index >= 15 is 0 Å². The van der Waals surface area contributed by atoms with Crippen LogP contribution in [0.4, 0.5) is 13.2 Å². The van der Waals surface area contributed by atoms with Crippen LogP contribution in [-0.4, -0.2) is 13.1 Å². The van der Waals surface area contributed by atoms with Gasteiger partial charge in [-0.3, -0.25) is 0 Å². The SMILES string of the molecule is COC(=O)c1c(I)cc(C(F)(F)F)cc1C#N. The Balaban J connectivity index is 3.48. The van der Waals surface area contributed by atoms with Crippen LogP contribution in [0.1, 0.15) is 21.5 Å². The molecule has 0 spiro atoms. The number of nitriles is 1. The predicted octanol–water partition coefficient (Wildman–Crippen LogP) is 2.97. The molecule has 90 valence electrons. The molecule has 0 aromatic heterocycles. The first-order valence-corrected chi connectivity index (χ1v) is 5.28. The van der Waals surface area contributed by atoms with Crippen molar-refractivity contribution in [1.29, 1.82) is 5.26 Å². The van der Waals surface area contributed by atoms with E-state index in [1.54, 1.807) is 28.7 Å². The number of esters is 1. The summed E-state index contributed by atoms with van der Waals surface area (Å²) in [5.41, 5.74) is -1.47. The number of halogens is 4. The lowest BCUT2D eigenvalue weighted by Gasteiger charge is -2.10. The Hall–Kier alpha value is -1.30. The molecule has 1 aromatic rings. The average molecular weight is 355 g/mol. The standard InChI is InChI=1S/C10H5F3INO2/c1-17-9(16)8-5(4-15)2-6(3-7(8)14)10(11,12)13/h2-3H,1H3. The first kappa shape index (κ1) is 13.8. The second-order valence-corrected chi connectivity index (χ2v) is 4.14. The Labute approximate surface area is 108 Å². The molecule has 0 fully saturated rings. The van der Waals surface area contributed by atoms with Crippen molar-refractivity contribution in [3.63, 3.8) is 0 Å². The van der Waals surface area contributed by atoms with Crippen molar-refractivity contribution >= 4 is 28.6 Å². The first-order chi connectivity index (χ1) is 7.81. The van der Waals surface area contributed by atoms with Crippen LogP contribution in [0, 0.1) is 14.9 Å². The zero-order valence-electron chi connectivity index (χ0n) is 8.43. The van der Waals surface area contributed by atoms with Crippen LogP contribution in [0.2, 0.25) is 0 Å². The molecular formula is C10H5F3INO2. The Kier molecular flexibility index (Phi) is 3.98. The largest absolute Gasteiger partial charge is 0.465 e. The van der Waals surface area contributed by atoms with Gasteiger partial charge in [0.2, 0.25) is 0 Å². The van der Waals surface area contributed by atoms with Crippen molar-refractivity contribution in [2.75, 3.05) is 7.11 Å². The summed E-state index contributed by atoms with van der Waals surface area (Å²) >= 11 is 1.56. The molecule has 7 heteroatoms. The molecule has 0 aliphatic heterocycles. The van der Waals surface area contributed by atoms with Crippen LogP contribution in [0.5, 0.6) is 0 Å². The average Bonchev–Trinajstić information content (AvgIpc) is 2.25. The Morgan fingerprint density at radius 1 is 1.47 bits per heavy atom. The number of methoxy groups -OCH3 is 1. The minimum absolute atomic E-state index is 0.0285. The molecule has 0 saturated carbocycles. The number of hydrogen-bond acceptors (Lipinski definition) is 3. The number of rotatable bonds is 1. The van der Waals surface area contributed by atoms with Crippen molar-refractivity contribution < 1.29 is 22.7 Å². The summed E-state index contributed by atoms with van der Waals surface area (Å²) in [6, 6.07) is 2.99. The van der Waals surface area contributed by atoms with Gasteiger partial charge in [0.1, 0.15) is 6.07 Å². The van der Waals surface area contributed by atoms with Gasteiger partial charge in [0.25, 0.3) is 0 Å². The normalized spacial score (nSPS) is 10.8. The molecule has 0 unspecified atom stereocenters. The molecule has 0 aliphatic rings. The molecule has 0 heterocycles. The lowest BCUT2D eigenvalue weighted by Crippen LogP contribution is -2.11. The number of carbonyl (C=O) groups excluding carboxylic acids is 1. The minimum Gasteiger partial charge on any atom is -0.465 e. The number of carbonyl (C=O) groups is 1. The molecule has 0 N–H and O–H groups in total. The molecule has 0 atom stereocenters. The fourth-order valence-corrected chi connectivity index (χ4v) is 2.01. The third kappa shape index (κ3) is 2.88. The van der Waals surface area contributed by atoms with E-state index in [-0.39, 0.29) is 14.7 Å². The van der Waals surface area contributed by atoms with Crippen LogP contribution in [0.3, 0.4) is 0 Å². The predicted molar refractivity (Wildman–Crippen MR) is 60.2 cm³/mol. The van der Waals surface area contributed by atoms with Crippen molar-refractivity contribution in [3.05, 3.63) is 32.4 Å². The second-order valence-electron chi connectivity index (χ2n) is 2.98. The third-order valence-electron chi connectivity index (χ3n) is 1.93. The highest BCUT2D eigenvalue weighted by Crippen LogP contribution is 2.32. The molecule has 3 nitrogen and oxygen atoms in total. The zero-order chi connectivity index (χ0) is 13.2. The number of hydrogen-bond donors (Lipinski definition) is 0. The second kappa shape index (κ2) is 4.91. The summed E-state index contributed by atoms with van der Waals surface area (Å²) in [5, 5.41) is 8.75. The Morgan fingerprint density at radius 3 is 2.47 bits per heavy atom. The van der Waals surface area contributed by atoms with E-state index in [0.29, 0.717) is 6.07 Å². The van der Waals surface area contributed by atoms with Crippen LogP contribution in [-0.2, 0) is 10.9 Å². The Morgan fingerprint density at radius 2 is 2.06 bits per heavy atom. The van der Waals surface area contributed by atoms with E-state index in [2.05, 4.69) is 4.74 Å². The number of nitrogens with zero attached hydrogens (tertiary/aromatic N) is 1. The van der Waals surface area contributed by atoms with Crippen molar-refractivity contribution in [3.8, 4) is 6.07 Å². The van der Waals surface area contributed by atoms with E-state index in [1.165, 1.54) is 0 Å². The lowest BCUT2D eigenvalue weighted by molar-refractivity contribution is -0.137. The van der Waals surface area contributed by atoms with E-state index in [0.717, 1.165) is 13.2 Å². The highest BCUT2D eigenvalue weighted by molar-refractivity contribution is 14.1. The summed E-state index contributed by atoms with van der Waals surface area (Å²) in [6.45, 7) is 0. The highest BCUT2D eigenvalue weighted by atomic mass is 127. The molecule has 0 amide bonds. The van der Waals surface area contributed by atoms with Gasteiger partial charge in [0.15, 0.2) is 0 Å². The lowest BCUT2D eigenvalue weighted by atomic mass is 10.0. The topological polar surface area (TPSA) is 50.1 Å². The number of alkyl halides is 3. The maximum atomic E-state index is 12.5. The molecule has 0 aliphatic carbocycles. The number of ether oxygens (including phenoxy) is 1. The maximum Gasteiger partial charge on any atom is 0.416 e. The summed E-state index contributed by atoms with van der Waals surface area (Å²) < 4.78 is 41.8. The van der Waals surface area contributed by atoms with Gasteiger partial charge in [-0.05, 0) is 34.7 Å². The monoisotopic (exact) mass is 355 g/mol. The smallest absolute Gasteiger partial charge is 0.416 e. The van der Waals surface area contributed by atoms with Crippen LogP contribution in [0.15, 0.2) is 12.1 Å². The van der Waals surface area contributed by atoms with Crippen LogP contribution >= 0.6 is 22.6 Å². The first-order valence-electron chi connectivity index (χ1n) is 4.20. The van der Waals surface area contributed by atoms with Gasteiger partial charge >= 0.3 is 12.1 Å². The molecule has 0 radical (unpaired) electrons. The van der Waals surface area contributed by atoms with E-state index < -0.39 is 17.7 Å².